The number of rotatable bonds is 5. The number of hydrogen-bond acceptors (Lipinski definition) is 6. The Morgan fingerprint density at radius 3 is 2.63 bits per heavy atom. The van der Waals surface area contributed by atoms with Crippen molar-refractivity contribution in [2.24, 2.45) is 21.1 Å². The van der Waals surface area contributed by atoms with Gasteiger partial charge in [-0.15, -0.1) is 0 Å². The molecule has 0 radical (unpaired) electrons. The van der Waals surface area contributed by atoms with Gasteiger partial charge in [0.15, 0.2) is 5.54 Å². The van der Waals surface area contributed by atoms with Crippen LogP contribution in [0.25, 0.3) is 0 Å². The van der Waals surface area contributed by atoms with E-state index in [1.54, 1.807) is 50.8 Å². The first-order valence-electron chi connectivity index (χ1n) is 8.24. The molecule has 2 aliphatic heterocycles. The van der Waals surface area contributed by atoms with Gasteiger partial charge in [-0.2, -0.15) is 0 Å². The van der Waals surface area contributed by atoms with Gasteiger partial charge in [0.2, 0.25) is 5.79 Å². The third kappa shape index (κ3) is 3.79. The van der Waals surface area contributed by atoms with Crippen molar-refractivity contribution in [3.63, 3.8) is 0 Å². The van der Waals surface area contributed by atoms with E-state index in [2.05, 4.69) is 15.3 Å². The largest absolute Gasteiger partial charge is 1.00 e. The molecule has 7 nitrogen and oxygen atoms in total. The Hall–Kier alpha value is -2.14. The first-order chi connectivity index (χ1) is 12.2. The summed E-state index contributed by atoms with van der Waals surface area (Å²) in [6.07, 6.45) is 6.57. The summed E-state index contributed by atoms with van der Waals surface area (Å²) in [6, 6.07) is 5.95. The van der Waals surface area contributed by atoms with Crippen LogP contribution in [0.3, 0.4) is 0 Å². The fourth-order valence-corrected chi connectivity index (χ4v) is 3.20. The predicted octanol–water partition coefficient (Wildman–Crippen LogP) is -1.61. The van der Waals surface area contributed by atoms with E-state index in [4.69, 9.17) is 5.73 Å². The van der Waals surface area contributed by atoms with Gasteiger partial charge in [0.05, 0.1) is 18.3 Å². The summed E-state index contributed by atoms with van der Waals surface area (Å²) in [5.41, 5.74) is 5.24. The number of hydrogen-bond donors (Lipinski definition) is 3. The fraction of sp³-hybridized carbons (Fsp3) is 0.389. The zero-order chi connectivity index (χ0) is 19.0. The molecule has 1 aromatic rings. The van der Waals surface area contributed by atoms with Gasteiger partial charge in [-0.1, -0.05) is 12.1 Å². The van der Waals surface area contributed by atoms with Gasteiger partial charge < -0.3 is 16.7 Å². The van der Waals surface area contributed by atoms with Crippen molar-refractivity contribution in [1.82, 2.24) is 10.2 Å². The first-order valence-corrected chi connectivity index (χ1v) is 8.24. The van der Waals surface area contributed by atoms with Crippen LogP contribution in [0.2, 0.25) is 0 Å². The number of benzene rings is 1. The van der Waals surface area contributed by atoms with E-state index in [0.717, 1.165) is 0 Å². The first kappa shape index (κ1) is 21.2. The molecule has 140 valence electrons. The number of carbonyl (C=O) groups is 1. The van der Waals surface area contributed by atoms with E-state index in [-0.39, 0.29) is 32.6 Å². The second kappa shape index (κ2) is 7.47. The predicted molar refractivity (Wildman–Crippen MR) is 98.4 cm³/mol. The van der Waals surface area contributed by atoms with Crippen LogP contribution >= 0.6 is 0 Å². The third-order valence-corrected chi connectivity index (χ3v) is 4.77. The zero-order valence-electron chi connectivity index (χ0n) is 16.7. The Kier molecular flexibility index (Phi) is 5.85. The molecule has 0 saturated carbocycles. The number of nitrogens with zero attached hydrogens (tertiary/aromatic N) is 3. The average Bonchev–Trinajstić information content (AvgIpc) is 3.01. The summed E-state index contributed by atoms with van der Waals surface area (Å²) in [5.74, 6) is -2.54. The van der Waals surface area contributed by atoms with E-state index < -0.39 is 22.7 Å². The van der Waals surface area contributed by atoms with Crippen molar-refractivity contribution in [3.05, 3.63) is 47.9 Å². The van der Waals surface area contributed by atoms with E-state index in [0.29, 0.717) is 12.1 Å². The van der Waals surface area contributed by atoms with Gasteiger partial charge >= 0.3 is 24.8 Å². The topological polar surface area (TPSA) is 103 Å². The molecule has 2 atom stereocenters. The molecule has 0 fully saturated rings. The number of aliphatic imine (C=N–C) groups is 2. The molecule has 0 aliphatic carbocycles. The molecule has 0 bridgehead atoms. The maximum absolute atomic E-state index is 13.4. The van der Waals surface area contributed by atoms with Crippen LogP contribution in [0.15, 0.2) is 46.5 Å². The van der Waals surface area contributed by atoms with Crippen molar-refractivity contribution < 1.29 is 34.6 Å². The van der Waals surface area contributed by atoms with Crippen LogP contribution in [0.4, 0.5) is 4.39 Å². The Balaban J connectivity index is 0.00000196. The van der Waals surface area contributed by atoms with Crippen molar-refractivity contribution in [2.75, 3.05) is 13.1 Å². The van der Waals surface area contributed by atoms with Gasteiger partial charge in [0.25, 0.3) is 0 Å². The van der Waals surface area contributed by atoms with Crippen molar-refractivity contribution in [3.8, 4) is 0 Å². The molecule has 0 saturated heterocycles. The molecule has 4 N–H and O–H groups in total. The molecule has 2 unspecified atom stereocenters. The van der Waals surface area contributed by atoms with Crippen molar-refractivity contribution in [1.29, 1.82) is 0 Å². The Bertz CT molecular complexity index is 802. The summed E-state index contributed by atoms with van der Waals surface area (Å²) in [6.45, 7) is 3.87. The molecule has 9 heteroatoms. The molecule has 1 aromatic carbocycles. The minimum absolute atomic E-state index is 0. The van der Waals surface area contributed by atoms with E-state index >= 15 is 0 Å². The number of carboxylic acids is 1. The van der Waals surface area contributed by atoms with E-state index in [1.807, 2.05) is 4.90 Å². The summed E-state index contributed by atoms with van der Waals surface area (Å²) in [5, 5.41) is 12.4. The summed E-state index contributed by atoms with van der Waals surface area (Å²) in [7, 11) is 0. The van der Waals surface area contributed by atoms with Crippen LogP contribution in [0.5, 0.6) is 0 Å². The van der Waals surface area contributed by atoms with Crippen LogP contribution in [-0.2, 0) is 10.3 Å². The second-order valence-corrected chi connectivity index (χ2v) is 7.25. The Labute approximate surface area is 170 Å². The van der Waals surface area contributed by atoms with Crippen molar-refractivity contribution >= 4 is 18.5 Å². The molecule has 0 amide bonds. The van der Waals surface area contributed by atoms with Gasteiger partial charge in [0, 0.05) is 19.0 Å². The maximum atomic E-state index is 13.4. The fourth-order valence-electron chi connectivity index (χ4n) is 3.20. The maximum Gasteiger partial charge on any atom is 1.00 e. The number of nitrogens with one attached hydrogen (secondary N) is 1. The summed E-state index contributed by atoms with van der Waals surface area (Å²) in [4.78, 5) is 22.3. The smallest absolute Gasteiger partial charge is 1.00 e. The molecule has 0 spiro atoms. The van der Waals surface area contributed by atoms with Gasteiger partial charge in [-0.05, 0) is 37.6 Å². The van der Waals surface area contributed by atoms with Crippen molar-refractivity contribution in [2.45, 2.75) is 25.2 Å². The summed E-state index contributed by atoms with van der Waals surface area (Å²) < 4.78 is 13.4. The molecule has 27 heavy (non-hydrogen) atoms. The third-order valence-electron chi connectivity index (χ3n) is 4.77. The SMILES string of the molecule is CC(C)(CN1C=NC(c2ccc(F)cc2)(C2(N)N=CC=CN2)C1)C(=O)O.[H-].[Li+]. The molecule has 2 aliphatic rings. The number of aliphatic carboxylic acids is 1. The Morgan fingerprint density at radius 2 is 2.07 bits per heavy atom. The summed E-state index contributed by atoms with van der Waals surface area (Å²) >= 11 is 0. The number of allylic oxidation sites excluding steroid dienone is 1. The van der Waals surface area contributed by atoms with Crippen LogP contribution < -0.4 is 29.9 Å². The minimum Gasteiger partial charge on any atom is -1.00 e. The molecular weight excluding hydrogens is 344 g/mol. The molecule has 0 aromatic heterocycles. The monoisotopic (exact) mass is 367 g/mol. The average molecular weight is 367 g/mol. The van der Waals surface area contributed by atoms with Gasteiger partial charge in [0.1, 0.15) is 5.82 Å². The molecule has 3 rings (SSSR count). The quantitative estimate of drug-likeness (QED) is 0.544. The van der Waals surface area contributed by atoms with Crippen LogP contribution in [0, 0.1) is 11.2 Å². The van der Waals surface area contributed by atoms with Gasteiger partial charge in [-0.3, -0.25) is 15.5 Å². The van der Waals surface area contributed by atoms with Gasteiger partial charge in [-0.25, -0.2) is 9.38 Å². The van der Waals surface area contributed by atoms with E-state index in [1.165, 1.54) is 12.1 Å². The van der Waals surface area contributed by atoms with E-state index in [9.17, 15) is 14.3 Å². The molecule has 2 heterocycles. The second-order valence-electron chi connectivity index (χ2n) is 7.25. The normalized spacial score (nSPS) is 26.6. The standard InChI is InChI=1S/C18H22FN5O2.Li.H/c1-16(2,15(25)26)10-24-11-17(23-12-24,13-4-6-14(19)7-5-13)18(20)21-8-3-9-22-18;;/h3-9,12,21H,10-11,20H2,1-2H3,(H,25,26);;/q;+1;-1. The Morgan fingerprint density at radius 1 is 1.41 bits per heavy atom. The van der Waals surface area contributed by atoms with Crippen LogP contribution in [0.1, 0.15) is 20.8 Å². The number of nitrogens with two attached hydrogens (primary N) is 1. The number of halogens is 1. The van der Waals surface area contributed by atoms with Crippen LogP contribution in [-0.4, -0.2) is 47.4 Å². The zero-order valence-corrected chi connectivity index (χ0v) is 15.7. The minimum atomic E-state index is -1.28. The number of carboxylic acid groups (broad SMARTS) is 1. The molecular formula is C18H23FLiN5O2.